The highest BCUT2D eigenvalue weighted by Crippen LogP contribution is 2.30. The first-order valence-electron chi connectivity index (χ1n) is 9.50. The van der Waals surface area contributed by atoms with Crippen LogP contribution in [0.1, 0.15) is 28.6 Å². The maximum absolute atomic E-state index is 13.1. The topological polar surface area (TPSA) is 114 Å². The molecule has 8 nitrogen and oxygen atoms in total. The van der Waals surface area contributed by atoms with Gasteiger partial charge in [0.2, 0.25) is 0 Å². The normalized spacial score (nSPS) is 10.9. The Hall–Kier alpha value is -4.45. The number of hydrogen-bond acceptors (Lipinski definition) is 7. The third-order valence-corrected chi connectivity index (χ3v) is 4.10. The van der Waals surface area contributed by atoms with Gasteiger partial charge in [0.25, 0.3) is 5.91 Å². The molecule has 1 heterocycles. The van der Waals surface area contributed by atoms with Crippen LogP contribution in [-0.2, 0) is 4.79 Å². The number of amides is 1. The second-order valence-corrected chi connectivity index (χ2v) is 6.48. The van der Waals surface area contributed by atoms with Crippen LogP contribution in [-0.4, -0.2) is 23.6 Å². The summed E-state index contributed by atoms with van der Waals surface area (Å²) in [4.78, 5) is 24.7. The zero-order valence-electron chi connectivity index (χ0n) is 17.2. The Morgan fingerprint density at radius 3 is 2.56 bits per heavy atom. The summed E-state index contributed by atoms with van der Waals surface area (Å²) in [7, 11) is 0. The molecule has 3 rings (SSSR count). The van der Waals surface area contributed by atoms with Crippen molar-refractivity contribution in [1.29, 1.82) is 5.26 Å². The number of ether oxygens (including phenoxy) is 2. The van der Waals surface area contributed by atoms with Gasteiger partial charge in [0, 0.05) is 6.07 Å². The molecule has 2 aromatic carbocycles. The highest BCUT2D eigenvalue weighted by Gasteiger charge is 2.15. The first-order chi connectivity index (χ1) is 15.4. The Labute approximate surface area is 182 Å². The summed E-state index contributed by atoms with van der Waals surface area (Å²) in [6, 6.07) is 12.8. The summed E-state index contributed by atoms with van der Waals surface area (Å²) < 4.78 is 28.8. The van der Waals surface area contributed by atoms with Gasteiger partial charge in [-0.3, -0.25) is 4.79 Å². The average Bonchev–Trinajstić information content (AvgIpc) is 3.18. The van der Waals surface area contributed by atoms with Crippen LogP contribution in [0.15, 0.2) is 58.6 Å². The van der Waals surface area contributed by atoms with Crippen LogP contribution in [0.4, 0.5) is 10.2 Å². The van der Waals surface area contributed by atoms with Gasteiger partial charge in [0.05, 0.1) is 12.2 Å². The lowest BCUT2D eigenvalue weighted by Gasteiger charge is -2.11. The van der Waals surface area contributed by atoms with E-state index in [2.05, 4.69) is 10.5 Å². The molecule has 0 bridgehead atoms. The lowest BCUT2D eigenvalue weighted by molar-refractivity contribution is -0.112. The summed E-state index contributed by atoms with van der Waals surface area (Å²) in [6.45, 7) is 3.71. The third-order valence-electron chi connectivity index (χ3n) is 4.10. The van der Waals surface area contributed by atoms with Gasteiger partial charge in [-0.2, -0.15) is 5.26 Å². The number of nitriles is 1. The smallest absolute Gasteiger partial charge is 0.343 e. The van der Waals surface area contributed by atoms with E-state index in [4.69, 9.17) is 14.0 Å². The van der Waals surface area contributed by atoms with Gasteiger partial charge in [0.15, 0.2) is 17.3 Å². The van der Waals surface area contributed by atoms with Crippen molar-refractivity contribution in [2.45, 2.75) is 13.8 Å². The fraction of sp³-hybridized carbons (Fsp3) is 0.130. The molecule has 162 valence electrons. The number of esters is 1. The van der Waals surface area contributed by atoms with Gasteiger partial charge in [-0.05, 0) is 61.9 Å². The summed E-state index contributed by atoms with van der Waals surface area (Å²) in [5, 5.41) is 15.5. The van der Waals surface area contributed by atoms with Crippen molar-refractivity contribution in [2.75, 3.05) is 11.9 Å². The number of halogens is 1. The summed E-state index contributed by atoms with van der Waals surface area (Å²) in [6.07, 6.45) is 1.36. The molecule has 9 heteroatoms. The monoisotopic (exact) mass is 435 g/mol. The van der Waals surface area contributed by atoms with E-state index >= 15 is 0 Å². The molecular weight excluding hydrogens is 417 g/mol. The highest BCUT2D eigenvalue weighted by atomic mass is 19.1. The molecular formula is C23H18FN3O5. The van der Waals surface area contributed by atoms with E-state index in [-0.39, 0.29) is 35.1 Å². The van der Waals surface area contributed by atoms with Crippen LogP contribution in [0.2, 0.25) is 0 Å². The third kappa shape index (κ3) is 5.58. The number of hydrogen-bond donors (Lipinski definition) is 1. The van der Waals surface area contributed by atoms with E-state index in [0.29, 0.717) is 11.3 Å². The minimum absolute atomic E-state index is 0.138. The molecule has 0 saturated carbocycles. The van der Waals surface area contributed by atoms with E-state index in [1.807, 2.05) is 6.07 Å². The Bertz CT molecular complexity index is 1210. The van der Waals surface area contributed by atoms with Crippen molar-refractivity contribution < 1.29 is 28.0 Å². The van der Waals surface area contributed by atoms with Gasteiger partial charge < -0.3 is 19.3 Å². The Morgan fingerprint density at radius 1 is 1.19 bits per heavy atom. The number of benzene rings is 2. The van der Waals surface area contributed by atoms with Gasteiger partial charge in [-0.1, -0.05) is 11.2 Å². The van der Waals surface area contributed by atoms with Crippen molar-refractivity contribution in [3.05, 3.63) is 76.8 Å². The number of rotatable bonds is 7. The second-order valence-electron chi connectivity index (χ2n) is 6.48. The van der Waals surface area contributed by atoms with Crippen LogP contribution >= 0.6 is 0 Å². The SMILES string of the molecule is CCOc1cc(/C=C(/C#N)C(=O)Nc2cc(C)on2)ccc1OC(=O)c1ccc(F)cc1. The van der Waals surface area contributed by atoms with Crippen LogP contribution in [0.5, 0.6) is 11.5 Å². The van der Waals surface area contributed by atoms with Gasteiger partial charge in [0.1, 0.15) is 23.2 Å². The van der Waals surface area contributed by atoms with E-state index in [0.717, 1.165) is 12.1 Å². The first-order valence-corrected chi connectivity index (χ1v) is 9.50. The maximum atomic E-state index is 13.1. The fourth-order valence-corrected chi connectivity index (χ4v) is 2.64. The van der Waals surface area contributed by atoms with Gasteiger partial charge in [-0.15, -0.1) is 0 Å². The van der Waals surface area contributed by atoms with E-state index in [1.54, 1.807) is 19.9 Å². The molecule has 0 radical (unpaired) electrons. The predicted molar refractivity (Wildman–Crippen MR) is 112 cm³/mol. The molecule has 0 aliphatic carbocycles. The fourth-order valence-electron chi connectivity index (χ4n) is 2.64. The molecule has 1 aromatic heterocycles. The second kappa shape index (κ2) is 10.0. The molecule has 0 atom stereocenters. The number of nitrogens with one attached hydrogen (secondary N) is 1. The summed E-state index contributed by atoms with van der Waals surface area (Å²) in [5.41, 5.74) is 0.464. The molecule has 32 heavy (non-hydrogen) atoms. The highest BCUT2D eigenvalue weighted by molar-refractivity contribution is 6.09. The number of aryl methyl sites for hydroxylation is 1. The van der Waals surface area contributed by atoms with Crippen LogP contribution in [0.25, 0.3) is 6.08 Å². The van der Waals surface area contributed by atoms with Crippen LogP contribution in [0, 0.1) is 24.1 Å². The van der Waals surface area contributed by atoms with Crippen molar-refractivity contribution in [3.63, 3.8) is 0 Å². The van der Waals surface area contributed by atoms with E-state index in [1.165, 1.54) is 36.4 Å². The zero-order chi connectivity index (χ0) is 23.1. The minimum atomic E-state index is -0.686. The van der Waals surface area contributed by atoms with Crippen LogP contribution < -0.4 is 14.8 Å². The van der Waals surface area contributed by atoms with Gasteiger partial charge in [-0.25, -0.2) is 9.18 Å². The lowest BCUT2D eigenvalue weighted by atomic mass is 10.1. The summed E-state index contributed by atoms with van der Waals surface area (Å²) in [5.74, 6) is -0.744. The maximum Gasteiger partial charge on any atom is 0.343 e. The van der Waals surface area contributed by atoms with E-state index in [9.17, 15) is 19.2 Å². The van der Waals surface area contributed by atoms with Crippen molar-refractivity contribution in [3.8, 4) is 17.6 Å². The first kappa shape index (κ1) is 22.2. The molecule has 0 spiro atoms. The molecule has 3 aromatic rings. The van der Waals surface area contributed by atoms with Gasteiger partial charge >= 0.3 is 5.97 Å². The lowest BCUT2D eigenvalue weighted by Crippen LogP contribution is -2.13. The van der Waals surface area contributed by atoms with Crippen molar-refractivity contribution in [1.82, 2.24) is 5.16 Å². The molecule has 0 aliphatic rings. The summed E-state index contributed by atoms with van der Waals surface area (Å²) >= 11 is 0. The zero-order valence-corrected chi connectivity index (χ0v) is 17.2. The standard InChI is InChI=1S/C23H18FN3O5/c1-3-30-20-12-15(11-17(13-25)22(28)26-21-10-14(2)32-27-21)4-9-19(20)31-23(29)16-5-7-18(24)8-6-16/h4-12H,3H2,1-2H3,(H,26,27,28)/b17-11-. The molecule has 0 saturated heterocycles. The quantitative estimate of drug-likeness (QED) is 0.255. The average molecular weight is 435 g/mol. The molecule has 1 N–H and O–H groups in total. The largest absolute Gasteiger partial charge is 0.490 e. The number of carbonyl (C=O) groups is 2. The molecule has 0 fully saturated rings. The Morgan fingerprint density at radius 2 is 1.94 bits per heavy atom. The van der Waals surface area contributed by atoms with E-state index < -0.39 is 17.7 Å². The number of anilines is 1. The molecule has 0 aliphatic heterocycles. The number of nitrogens with zero attached hydrogens (tertiary/aromatic N) is 2. The number of carbonyl (C=O) groups excluding carboxylic acids is 2. The Balaban J connectivity index is 1.82. The predicted octanol–water partition coefficient (Wildman–Crippen LogP) is 4.29. The van der Waals surface area contributed by atoms with Crippen molar-refractivity contribution in [2.24, 2.45) is 0 Å². The Kier molecular flexibility index (Phi) is 6.98. The minimum Gasteiger partial charge on any atom is -0.490 e. The molecule has 1 amide bonds. The van der Waals surface area contributed by atoms with Crippen LogP contribution in [0.3, 0.4) is 0 Å². The number of aromatic nitrogens is 1. The molecule has 0 unspecified atom stereocenters. The van der Waals surface area contributed by atoms with Crippen molar-refractivity contribution >= 4 is 23.8 Å².